The van der Waals surface area contributed by atoms with E-state index in [0.29, 0.717) is 0 Å². The standard InChI is InChI=1S/C6H12N2O/c1-8-3-2-5(4-8)6(7)9/h5H,2-4H2,1H3,(H2,7,9)/t5-/m1/s1. The zero-order valence-electron chi connectivity index (χ0n) is 5.63. The van der Waals surface area contributed by atoms with E-state index in [2.05, 4.69) is 4.90 Å². The van der Waals surface area contributed by atoms with Crippen molar-refractivity contribution >= 4 is 5.91 Å². The lowest BCUT2D eigenvalue weighted by atomic mass is 10.1. The molecule has 0 bridgehead atoms. The van der Waals surface area contributed by atoms with Crippen LogP contribution in [0.4, 0.5) is 0 Å². The highest BCUT2D eigenvalue weighted by molar-refractivity contribution is 5.77. The molecule has 1 aliphatic rings. The molecule has 0 aromatic heterocycles. The van der Waals surface area contributed by atoms with E-state index in [1.165, 1.54) is 0 Å². The monoisotopic (exact) mass is 128 g/mol. The van der Waals surface area contributed by atoms with Crippen LogP contribution in [0.3, 0.4) is 0 Å². The van der Waals surface area contributed by atoms with Gasteiger partial charge in [0.05, 0.1) is 5.92 Å². The molecule has 1 amide bonds. The first-order chi connectivity index (χ1) is 4.20. The summed E-state index contributed by atoms with van der Waals surface area (Å²) in [5.74, 6) is -0.0469. The average molecular weight is 128 g/mol. The second kappa shape index (κ2) is 2.35. The molecule has 52 valence electrons. The Morgan fingerprint density at radius 2 is 2.44 bits per heavy atom. The molecular weight excluding hydrogens is 116 g/mol. The zero-order valence-corrected chi connectivity index (χ0v) is 5.63. The van der Waals surface area contributed by atoms with Crippen LogP contribution in [0.5, 0.6) is 0 Å². The van der Waals surface area contributed by atoms with E-state index in [-0.39, 0.29) is 11.8 Å². The molecule has 3 nitrogen and oxygen atoms in total. The first-order valence-corrected chi connectivity index (χ1v) is 3.18. The molecule has 0 aliphatic carbocycles. The maximum atomic E-state index is 10.5. The molecule has 1 heterocycles. The summed E-state index contributed by atoms with van der Waals surface area (Å²) in [6.45, 7) is 1.85. The van der Waals surface area contributed by atoms with Gasteiger partial charge in [0.1, 0.15) is 0 Å². The average Bonchev–Trinajstić information content (AvgIpc) is 2.14. The Bertz CT molecular complexity index is 124. The number of carbonyl (C=O) groups excluding carboxylic acids is 1. The minimum absolute atomic E-state index is 0.106. The molecule has 1 aliphatic heterocycles. The second-order valence-corrected chi connectivity index (χ2v) is 2.65. The van der Waals surface area contributed by atoms with Crippen molar-refractivity contribution in [1.82, 2.24) is 4.90 Å². The Morgan fingerprint density at radius 3 is 2.67 bits per heavy atom. The van der Waals surface area contributed by atoms with Gasteiger partial charge in [-0.25, -0.2) is 0 Å². The highest BCUT2D eigenvalue weighted by atomic mass is 16.1. The predicted octanol–water partition coefficient (Wildman–Crippen LogP) is -0.577. The molecular formula is C6H12N2O. The number of hydrogen-bond acceptors (Lipinski definition) is 2. The highest BCUT2D eigenvalue weighted by Gasteiger charge is 2.23. The van der Waals surface area contributed by atoms with E-state index in [4.69, 9.17) is 5.73 Å². The fourth-order valence-corrected chi connectivity index (χ4v) is 1.17. The van der Waals surface area contributed by atoms with E-state index >= 15 is 0 Å². The zero-order chi connectivity index (χ0) is 6.85. The van der Waals surface area contributed by atoms with Gasteiger partial charge in [-0.15, -0.1) is 0 Å². The molecule has 1 atom stereocenters. The van der Waals surface area contributed by atoms with Crippen LogP contribution in [0.1, 0.15) is 6.42 Å². The van der Waals surface area contributed by atoms with Crippen LogP contribution in [-0.4, -0.2) is 30.9 Å². The van der Waals surface area contributed by atoms with Crippen LogP contribution < -0.4 is 5.73 Å². The number of carbonyl (C=O) groups is 1. The Balaban J connectivity index is 2.39. The van der Waals surface area contributed by atoms with E-state index in [1.807, 2.05) is 7.05 Å². The maximum Gasteiger partial charge on any atom is 0.221 e. The lowest BCUT2D eigenvalue weighted by molar-refractivity contribution is -0.121. The molecule has 2 N–H and O–H groups in total. The third kappa shape index (κ3) is 1.42. The summed E-state index contributed by atoms with van der Waals surface area (Å²) in [5, 5.41) is 0. The molecule has 0 radical (unpaired) electrons. The predicted molar refractivity (Wildman–Crippen MR) is 34.8 cm³/mol. The molecule has 0 unspecified atom stereocenters. The number of primary amides is 1. The number of nitrogens with zero attached hydrogens (tertiary/aromatic N) is 1. The topological polar surface area (TPSA) is 46.3 Å². The quantitative estimate of drug-likeness (QED) is 0.513. The molecule has 9 heavy (non-hydrogen) atoms. The minimum atomic E-state index is -0.153. The third-order valence-corrected chi connectivity index (χ3v) is 1.79. The largest absolute Gasteiger partial charge is 0.369 e. The summed E-state index contributed by atoms with van der Waals surface area (Å²) < 4.78 is 0. The van der Waals surface area contributed by atoms with Gasteiger partial charge < -0.3 is 10.6 Å². The molecule has 0 saturated carbocycles. The van der Waals surface area contributed by atoms with Gasteiger partial charge in [-0.2, -0.15) is 0 Å². The van der Waals surface area contributed by atoms with Crippen LogP contribution in [0.2, 0.25) is 0 Å². The first kappa shape index (κ1) is 6.55. The van der Waals surface area contributed by atoms with Crippen molar-refractivity contribution in [3.8, 4) is 0 Å². The van der Waals surface area contributed by atoms with E-state index in [9.17, 15) is 4.79 Å². The van der Waals surface area contributed by atoms with Crippen molar-refractivity contribution in [3.05, 3.63) is 0 Å². The van der Waals surface area contributed by atoms with E-state index in [0.717, 1.165) is 19.5 Å². The second-order valence-electron chi connectivity index (χ2n) is 2.65. The number of rotatable bonds is 1. The van der Waals surface area contributed by atoms with Gasteiger partial charge in [0.2, 0.25) is 5.91 Å². The number of hydrogen-bond donors (Lipinski definition) is 1. The van der Waals surface area contributed by atoms with Gasteiger partial charge >= 0.3 is 0 Å². The van der Waals surface area contributed by atoms with Gasteiger partial charge in [0.15, 0.2) is 0 Å². The van der Waals surface area contributed by atoms with Crippen molar-refractivity contribution in [2.75, 3.05) is 20.1 Å². The molecule has 3 heteroatoms. The van der Waals surface area contributed by atoms with Crippen LogP contribution in [0, 0.1) is 5.92 Å². The van der Waals surface area contributed by atoms with Gasteiger partial charge in [-0.1, -0.05) is 0 Å². The lowest BCUT2D eigenvalue weighted by Crippen LogP contribution is -2.25. The van der Waals surface area contributed by atoms with Crippen molar-refractivity contribution in [1.29, 1.82) is 0 Å². The van der Waals surface area contributed by atoms with Crippen LogP contribution >= 0.6 is 0 Å². The van der Waals surface area contributed by atoms with Crippen molar-refractivity contribution in [2.45, 2.75) is 6.42 Å². The van der Waals surface area contributed by atoms with Gasteiger partial charge in [-0.05, 0) is 20.0 Å². The van der Waals surface area contributed by atoms with Crippen molar-refractivity contribution in [2.24, 2.45) is 11.7 Å². The summed E-state index contributed by atoms with van der Waals surface area (Å²) >= 11 is 0. The molecule has 0 aromatic rings. The molecule has 1 saturated heterocycles. The van der Waals surface area contributed by atoms with Crippen LogP contribution in [0.25, 0.3) is 0 Å². The summed E-state index contributed by atoms with van der Waals surface area (Å²) in [6, 6.07) is 0. The van der Waals surface area contributed by atoms with Crippen LogP contribution in [-0.2, 0) is 4.79 Å². The van der Waals surface area contributed by atoms with E-state index < -0.39 is 0 Å². The Kier molecular flexibility index (Phi) is 1.71. The van der Waals surface area contributed by atoms with Crippen LogP contribution in [0.15, 0.2) is 0 Å². The summed E-state index contributed by atoms with van der Waals surface area (Å²) in [5.41, 5.74) is 5.09. The molecule has 1 fully saturated rings. The highest BCUT2D eigenvalue weighted by Crippen LogP contribution is 2.12. The fraction of sp³-hybridized carbons (Fsp3) is 0.833. The maximum absolute atomic E-state index is 10.5. The number of amides is 1. The fourth-order valence-electron chi connectivity index (χ4n) is 1.17. The number of nitrogens with two attached hydrogens (primary N) is 1. The smallest absolute Gasteiger partial charge is 0.221 e. The first-order valence-electron chi connectivity index (χ1n) is 3.18. The molecule has 0 aromatic carbocycles. The third-order valence-electron chi connectivity index (χ3n) is 1.79. The van der Waals surface area contributed by atoms with Crippen molar-refractivity contribution in [3.63, 3.8) is 0 Å². The summed E-state index contributed by atoms with van der Waals surface area (Å²) in [6.07, 6.45) is 0.936. The Hall–Kier alpha value is -0.570. The normalized spacial score (nSPS) is 28.8. The minimum Gasteiger partial charge on any atom is -0.369 e. The SMILES string of the molecule is CN1CC[C@@H](C(N)=O)C1. The summed E-state index contributed by atoms with van der Waals surface area (Å²) in [4.78, 5) is 12.7. The number of likely N-dealkylation sites (tertiary alicyclic amines) is 1. The Labute approximate surface area is 54.8 Å². The molecule has 0 spiro atoms. The van der Waals surface area contributed by atoms with E-state index in [1.54, 1.807) is 0 Å². The summed E-state index contributed by atoms with van der Waals surface area (Å²) in [7, 11) is 2.00. The van der Waals surface area contributed by atoms with Crippen molar-refractivity contribution < 1.29 is 4.79 Å². The van der Waals surface area contributed by atoms with Gasteiger partial charge in [0.25, 0.3) is 0 Å². The Morgan fingerprint density at radius 1 is 1.78 bits per heavy atom. The lowest BCUT2D eigenvalue weighted by Gasteiger charge is -2.05. The van der Waals surface area contributed by atoms with Gasteiger partial charge in [0, 0.05) is 6.54 Å². The van der Waals surface area contributed by atoms with Gasteiger partial charge in [-0.3, -0.25) is 4.79 Å². The molecule has 1 rings (SSSR count).